The Bertz CT molecular complexity index is 506. The molecule has 17 heavy (non-hydrogen) atoms. The third-order valence-corrected chi connectivity index (χ3v) is 2.57. The van der Waals surface area contributed by atoms with Crippen molar-refractivity contribution in [2.75, 3.05) is 5.32 Å². The summed E-state index contributed by atoms with van der Waals surface area (Å²) in [4.78, 5) is 0. The van der Waals surface area contributed by atoms with Crippen molar-refractivity contribution in [1.82, 2.24) is 0 Å². The number of nitrogens with one attached hydrogen (secondary N) is 1. The molecule has 0 spiro atoms. The van der Waals surface area contributed by atoms with Crippen molar-refractivity contribution in [1.29, 1.82) is 0 Å². The topological polar surface area (TPSA) is 12.0 Å². The summed E-state index contributed by atoms with van der Waals surface area (Å²) in [6.07, 6.45) is 0. The molecule has 0 aromatic heterocycles. The first kappa shape index (κ1) is 11.6. The lowest BCUT2D eigenvalue weighted by Gasteiger charge is -2.08. The Balaban J connectivity index is 2.07. The average Bonchev–Trinajstić information content (AvgIpc) is 2.33. The van der Waals surface area contributed by atoms with E-state index < -0.39 is 11.6 Å². The van der Waals surface area contributed by atoms with Gasteiger partial charge in [-0.25, -0.2) is 8.78 Å². The second kappa shape index (κ2) is 4.95. The van der Waals surface area contributed by atoms with Crippen molar-refractivity contribution in [3.05, 3.63) is 65.2 Å². The molecule has 0 aliphatic rings. The first-order valence-corrected chi connectivity index (χ1v) is 5.40. The van der Waals surface area contributed by atoms with Crippen LogP contribution in [0.3, 0.4) is 0 Å². The Kier molecular flexibility index (Phi) is 3.38. The summed E-state index contributed by atoms with van der Waals surface area (Å²) in [5, 5.41) is 3.05. The van der Waals surface area contributed by atoms with Crippen molar-refractivity contribution in [2.45, 2.75) is 13.5 Å². The first-order valence-electron chi connectivity index (χ1n) is 5.40. The highest BCUT2D eigenvalue weighted by Crippen LogP contribution is 2.14. The van der Waals surface area contributed by atoms with Gasteiger partial charge >= 0.3 is 0 Å². The van der Waals surface area contributed by atoms with E-state index in [4.69, 9.17) is 0 Å². The van der Waals surface area contributed by atoms with Gasteiger partial charge in [0, 0.05) is 17.8 Å². The predicted octanol–water partition coefficient (Wildman–Crippen LogP) is 3.89. The van der Waals surface area contributed by atoms with E-state index in [2.05, 4.69) is 5.32 Å². The lowest BCUT2D eigenvalue weighted by Crippen LogP contribution is -2.03. The lowest BCUT2D eigenvalue weighted by atomic mass is 10.2. The van der Waals surface area contributed by atoms with Crippen LogP contribution in [0.15, 0.2) is 42.5 Å². The molecule has 1 nitrogen and oxygen atoms in total. The summed E-state index contributed by atoms with van der Waals surface area (Å²) in [6, 6.07) is 11.9. The van der Waals surface area contributed by atoms with Gasteiger partial charge in [-0.15, -0.1) is 0 Å². The van der Waals surface area contributed by atoms with Crippen molar-refractivity contribution >= 4 is 5.69 Å². The van der Waals surface area contributed by atoms with Crippen LogP contribution in [0.4, 0.5) is 14.5 Å². The van der Waals surface area contributed by atoms with Gasteiger partial charge in [0.15, 0.2) is 11.6 Å². The molecule has 0 bridgehead atoms. The zero-order valence-electron chi connectivity index (χ0n) is 9.50. The van der Waals surface area contributed by atoms with Crippen LogP contribution in [0.5, 0.6) is 0 Å². The number of halogens is 2. The van der Waals surface area contributed by atoms with E-state index in [-0.39, 0.29) is 6.54 Å². The maximum Gasteiger partial charge on any atom is 0.163 e. The Morgan fingerprint density at radius 1 is 1.00 bits per heavy atom. The molecule has 0 heterocycles. The van der Waals surface area contributed by atoms with Gasteiger partial charge in [0.25, 0.3) is 0 Å². The van der Waals surface area contributed by atoms with Gasteiger partial charge in [-0.05, 0) is 25.1 Å². The van der Waals surface area contributed by atoms with Crippen LogP contribution in [-0.4, -0.2) is 0 Å². The number of hydrogen-bond acceptors (Lipinski definition) is 1. The van der Waals surface area contributed by atoms with Gasteiger partial charge in [0.05, 0.1) is 0 Å². The Labute approximate surface area is 99.1 Å². The smallest absolute Gasteiger partial charge is 0.163 e. The minimum absolute atomic E-state index is 0.270. The molecule has 0 atom stereocenters. The standard InChI is InChI=1S/C14H13F2N/c1-10-5-7-12(8-6-10)17-9-11-3-2-4-13(15)14(11)16/h2-8,17H,9H2,1H3. The molecule has 2 rings (SSSR count). The monoisotopic (exact) mass is 233 g/mol. The molecule has 3 heteroatoms. The molecule has 0 fully saturated rings. The number of rotatable bonds is 3. The molecular formula is C14H13F2N. The molecule has 2 aromatic carbocycles. The molecule has 0 unspecified atom stereocenters. The summed E-state index contributed by atoms with van der Waals surface area (Å²) in [5.41, 5.74) is 2.37. The SMILES string of the molecule is Cc1ccc(NCc2cccc(F)c2F)cc1. The van der Waals surface area contributed by atoms with Crippen LogP contribution < -0.4 is 5.32 Å². The molecule has 0 radical (unpaired) electrons. The second-order valence-corrected chi connectivity index (χ2v) is 3.93. The minimum Gasteiger partial charge on any atom is -0.381 e. The molecule has 0 aliphatic heterocycles. The maximum atomic E-state index is 13.4. The summed E-state index contributed by atoms with van der Waals surface area (Å²) in [7, 11) is 0. The van der Waals surface area contributed by atoms with E-state index in [1.165, 1.54) is 6.07 Å². The van der Waals surface area contributed by atoms with Crippen molar-refractivity contribution in [3.8, 4) is 0 Å². The summed E-state index contributed by atoms with van der Waals surface area (Å²) >= 11 is 0. The molecule has 2 aromatic rings. The molecular weight excluding hydrogens is 220 g/mol. The van der Waals surface area contributed by atoms with E-state index in [1.807, 2.05) is 31.2 Å². The Morgan fingerprint density at radius 2 is 1.71 bits per heavy atom. The third-order valence-electron chi connectivity index (χ3n) is 2.57. The molecule has 0 aliphatic carbocycles. The number of hydrogen-bond donors (Lipinski definition) is 1. The fourth-order valence-electron chi connectivity index (χ4n) is 1.55. The van der Waals surface area contributed by atoms with E-state index in [0.29, 0.717) is 5.56 Å². The first-order chi connectivity index (χ1) is 8.16. The van der Waals surface area contributed by atoms with Crippen LogP contribution in [0.2, 0.25) is 0 Å². The Morgan fingerprint density at radius 3 is 2.41 bits per heavy atom. The zero-order valence-corrected chi connectivity index (χ0v) is 9.50. The highest BCUT2D eigenvalue weighted by molar-refractivity contribution is 5.45. The lowest BCUT2D eigenvalue weighted by molar-refractivity contribution is 0.500. The van der Waals surface area contributed by atoms with Gasteiger partial charge in [-0.2, -0.15) is 0 Å². The van der Waals surface area contributed by atoms with E-state index >= 15 is 0 Å². The van der Waals surface area contributed by atoms with Crippen LogP contribution in [0.1, 0.15) is 11.1 Å². The fraction of sp³-hybridized carbons (Fsp3) is 0.143. The van der Waals surface area contributed by atoms with Gasteiger partial charge in [-0.1, -0.05) is 29.8 Å². The van der Waals surface area contributed by atoms with Crippen molar-refractivity contribution in [2.24, 2.45) is 0 Å². The molecule has 0 amide bonds. The van der Waals surface area contributed by atoms with Crippen molar-refractivity contribution in [3.63, 3.8) is 0 Å². The van der Waals surface area contributed by atoms with Crippen LogP contribution in [0.25, 0.3) is 0 Å². The molecule has 88 valence electrons. The highest BCUT2D eigenvalue weighted by atomic mass is 19.2. The maximum absolute atomic E-state index is 13.4. The van der Waals surface area contributed by atoms with Gasteiger partial charge in [-0.3, -0.25) is 0 Å². The van der Waals surface area contributed by atoms with Crippen LogP contribution >= 0.6 is 0 Å². The van der Waals surface area contributed by atoms with E-state index in [9.17, 15) is 8.78 Å². The largest absolute Gasteiger partial charge is 0.381 e. The minimum atomic E-state index is -0.812. The molecule has 0 saturated heterocycles. The average molecular weight is 233 g/mol. The number of anilines is 1. The van der Waals surface area contributed by atoms with Crippen LogP contribution in [-0.2, 0) is 6.54 Å². The van der Waals surface area contributed by atoms with E-state index in [1.54, 1.807) is 6.07 Å². The summed E-state index contributed by atoms with van der Waals surface area (Å²) in [6.45, 7) is 2.27. The van der Waals surface area contributed by atoms with Gasteiger partial charge in [0.1, 0.15) is 0 Å². The summed E-state index contributed by atoms with van der Waals surface area (Å²) in [5.74, 6) is -1.60. The zero-order chi connectivity index (χ0) is 12.3. The quantitative estimate of drug-likeness (QED) is 0.848. The number of aryl methyl sites for hydroxylation is 1. The van der Waals surface area contributed by atoms with Crippen molar-refractivity contribution < 1.29 is 8.78 Å². The van der Waals surface area contributed by atoms with Crippen LogP contribution in [0, 0.1) is 18.6 Å². The normalized spacial score (nSPS) is 10.3. The molecule has 0 saturated carbocycles. The summed E-state index contributed by atoms with van der Waals surface area (Å²) < 4.78 is 26.3. The molecule has 1 N–H and O–H groups in total. The fourth-order valence-corrected chi connectivity index (χ4v) is 1.55. The second-order valence-electron chi connectivity index (χ2n) is 3.93. The van der Waals surface area contributed by atoms with E-state index in [0.717, 1.165) is 17.3 Å². The Hall–Kier alpha value is -1.90. The third kappa shape index (κ3) is 2.81. The highest BCUT2D eigenvalue weighted by Gasteiger charge is 2.06. The van der Waals surface area contributed by atoms with Gasteiger partial charge in [0.2, 0.25) is 0 Å². The van der Waals surface area contributed by atoms with Gasteiger partial charge < -0.3 is 5.32 Å². The predicted molar refractivity (Wildman–Crippen MR) is 64.9 cm³/mol. The number of benzene rings is 2.